The van der Waals surface area contributed by atoms with Crippen LogP contribution in [0.25, 0.3) is 5.57 Å². The third kappa shape index (κ3) is 3.94. The summed E-state index contributed by atoms with van der Waals surface area (Å²) in [5.41, 5.74) is 6.14. The van der Waals surface area contributed by atoms with E-state index in [0.29, 0.717) is 15.9 Å². The van der Waals surface area contributed by atoms with Gasteiger partial charge in [-0.2, -0.15) is 0 Å². The molecule has 3 aromatic rings. The largest absolute Gasteiger partial charge is 0.271 e. The van der Waals surface area contributed by atoms with Crippen molar-refractivity contribution >= 4 is 39.9 Å². The summed E-state index contributed by atoms with van der Waals surface area (Å²) in [7, 11) is 0. The summed E-state index contributed by atoms with van der Waals surface area (Å²) < 4.78 is 0. The lowest BCUT2D eigenvalue weighted by Crippen LogP contribution is -2.28. The summed E-state index contributed by atoms with van der Waals surface area (Å²) in [5.74, 6) is 0.532. The maximum Gasteiger partial charge on any atom is 0.271 e. The first kappa shape index (κ1) is 20.1. The van der Waals surface area contributed by atoms with E-state index >= 15 is 0 Å². The van der Waals surface area contributed by atoms with Crippen LogP contribution in [0.1, 0.15) is 29.3 Å². The molecule has 5 heteroatoms. The molecule has 1 aliphatic rings. The molecule has 0 atom stereocenters. The molecule has 4 rings (SSSR count). The SMILES string of the molecule is C/C(=C1/S/C(=N/c2cccc(C)n2)N(c2ccccc2)C1=O)c1ccc(C)c(C)c1. The second-order valence-electron chi connectivity index (χ2n) is 7.36. The summed E-state index contributed by atoms with van der Waals surface area (Å²) in [4.78, 5) is 25.1. The van der Waals surface area contributed by atoms with Gasteiger partial charge in [-0.1, -0.05) is 42.5 Å². The van der Waals surface area contributed by atoms with Crippen LogP contribution in [0.4, 0.5) is 11.5 Å². The third-order valence-electron chi connectivity index (χ3n) is 5.16. The summed E-state index contributed by atoms with van der Waals surface area (Å²) in [6.45, 7) is 8.11. The number of aliphatic imine (C=N–C) groups is 1. The van der Waals surface area contributed by atoms with E-state index in [1.54, 1.807) is 4.90 Å². The molecule has 1 aliphatic heterocycles. The number of rotatable bonds is 3. The predicted octanol–water partition coefficient (Wildman–Crippen LogP) is 6.21. The lowest BCUT2D eigenvalue weighted by Gasteiger charge is -2.15. The highest BCUT2D eigenvalue weighted by Crippen LogP contribution is 2.40. The molecule has 1 saturated heterocycles. The lowest BCUT2D eigenvalue weighted by atomic mass is 10.0. The number of hydrogen-bond acceptors (Lipinski definition) is 4. The number of aromatic nitrogens is 1. The van der Waals surface area contributed by atoms with Gasteiger partial charge in [0, 0.05) is 5.69 Å². The van der Waals surface area contributed by atoms with Crippen LogP contribution >= 0.6 is 11.8 Å². The maximum atomic E-state index is 13.5. The van der Waals surface area contributed by atoms with Crippen molar-refractivity contribution in [3.8, 4) is 0 Å². The summed E-state index contributed by atoms with van der Waals surface area (Å²) >= 11 is 1.40. The Morgan fingerprint density at radius 1 is 0.933 bits per heavy atom. The molecule has 30 heavy (non-hydrogen) atoms. The first-order valence-electron chi connectivity index (χ1n) is 9.82. The molecule has 0 unspecified atom stereocenters. The number of carbonyl (C=O) groups excluding carboxylic acids is 1. The number of benzene rings is 2. The van der Waals surface area contributed by atoms with Gasteiger partial charge in [-0.25, -0.2) is 9.98 Å². The zero-order valence-corrected chi connectivity index (χ0v) is 18.3. The molecule has 0 radical (unpaired) electrons. The first-order chi connectivity index (χ1) is 14.4. The molecule has 150 valence electrons. The van der Waals surface area contributed by atoms with Crippen molar-refractivity contribution in [1.29, 1.82) is 0 Å². The molecule has 1 fully saturated rings. The summed E-state index contributed by atoms with van der Waals surface area (Å²) in [6.07, 6.45) is 0. The van der Waals surface area contributed by atoms with Crippen LogP contribution in [0.2, 0.25) is 0 Å². The summed E-state index contributed by atoms with van der Waals surface area (Å²) in [5, 5.41) is 0.613. The predicted molar refractivity (Wildman–Crippen MR) is 126 cm³/mol. The Bertz CT molecular complexity index is 1180. The number of carbonyl (C=O) groups is 1. The van der Waals surface area contributed by atoms with E-state index in [-0.39, 0.29) is 5.91 Å². The minimum Gasteiger partial charge on any atom is -0.268 e. The van der Waals surface area contributed by atoms with Gasteiger partial charge in [0.1, 0.15) is 0 Å². The monoisotopic (exact) mass is 413 g/mol. The number of pyridine rings is 1. The topological polar surface area (TPSA) is 45.6 Å². The standard InChI is InChI=1S/C25H23N3OS/c1-16-13-14-20(15-17(16)2)19(4)23-24(29)28(21-10-6-5-7-11-21)25(30-23)27-22-12-8-9-18(3)26-22/h5-15H,1-4H3/b23-19-,27-25+. The molecule has 0 spiro atoms. The van der Waals surface area contributed by atoms with Gasteiger partial charge >= 0.3 is 0 Å². The number of allylic oxidation sites excluding steroid dienone is 1. The Hall–Kier alpha value is -3.18. The molecule has 0 aliphatic carbocycles. The lowest BCUT2D eigenvalue weighted by molar-refractivity contribution is -0.113. The zero-order chi connectivity index (χ0) is 21.3. The number of amidine groups is 1. The zero-order valence-electron chi connectivity index (χ0n) is 17.5. The highest BCUT2D eigenvalue weighted by molar-refractivity contribution is 8.19. The van der Waals surface area contributed by atoms with E-state index in [1.807, 2.05) is 62.4 Å². The van der Waals surface area contributed by atoms with Gasteiger partial charge in [-0.15, -0.1) is 0 Å². The van der Waals surface area contributed by atoms with Crippen LogP contribution in [0.15, 0.2) is 76.6 Å². The molecule has 0 saturated carbocycles. The average Bonchev–Trinajstić information content (AvgIpc) is 3.06. The number of amides is 1. The molecule has 4 nitrogen and oxygen atoms in total. The molecule has 0 bridgehead atoms. The van der Waals surface area contributed by atoms with Crippen molar-refractivity contribution < 1.29 is 4.79 Å². The molecular formula is C25H23N3OS. The van der Waals surface area contributed by atoms with E-state index in [1.165, 1.54) is 22.9 Å². The Morgan fingerprint density at radius 2 is 1.70 bits per heavy atom. The first-order valence-corrected chi connectivity index (χ1v) is 10.6. The van der Waals surface area contributed by atoms with Gasteiger partial charge in [0.2, 0.25) is 0 Å². The van der Waals surface area contributed by atoms with E-state index in [0.717, 1.165) is 22.5 Å². The molecular weight excluding hydrogens is 390 g/mol. The number of aryl methyl sites for hydroxylation is 3. The smallest absolute Gasteiger partial charge is 0.268 e. The highest BCUT2D eigenvalue weighted by atomic mass is 32.2. The van der Waals surface area contributed by atoms with Crippen LogP contribution in [0.5, 0.6) is 0 Å². The Labute approximate surface area is 181 Å². The quantitative estimate of drug-likeness (QED) is 0.480. The fourth-order valence-corrected chi connectivity index (χ4v) is 4.33. The van der Waals surface area contributed by atoms with Crippen molar-refractivity contribution in [3.05, 3.63) is 94.0 Å². The van der Waals surface area contributed by atoms with Crippen LogP contribution < -0.4 is 4.90 Å². The van der Waals surface area contributed by atoms with E-state index < -0.39 is 0 Å². The number of hydrogen-bond donors (Lipinski definition) is 0. The van der Waals surface area contributed by atoms with Crippen molar-refractivity contribution in [2.75, 3.05) is 4.90 Å². The summed E-state index contributed by atoms with van der Waals surface area (Å²) in [6, 6.07) is 21.6. The van der Waals surface area contributed by atoms with Gasteiger partial charge < -0.3 is 0 Å². The van der Waals surface area contributed by atoms with Crippen LogP contribution in [0.3, 0.4) is 0 Å². The second-order valence-corrected chi connectivity index (χ2v) is 8.34. The van der Waals surface area contributed by atoms with Gasteiger partial charge in [0.05, 0.1) is 10.6 Å². The van der Waals surface area contributed by atoms with Crippen LogP contribution in [-0.4, -0.2) is 16.1 Å². The van der Waals surface area contributed by atoms with Crippen LogP contribution in [-0.2, 0) is 4.79 Å². The fourth-order valence-electron chi connectivity index (χ4n) is 3.28. The van der Waals surface area contributed by atoms with Crippen molar-refractivity contribution in [2.45, 2.75) is 27.7 Å². The number of anilines is 1. The van der Waals surface area contributed by atoms with Gasteiger partial charge in [0.25, 0.3) is 5.91 Å². The number of thioether (sulfide) groups is 1. The second kappa shape index (κ2) is 8.28. The average molecular weight is 414 g/mol. The minimum absolute atomic E-state index is 0.0617. The Balaban J connectivity index is 1.83. The fraction of sp³-hybridized carbons (Fsp3) is 0.160. The highest BCUT2D eigenvalue weighted by Gasteiger charge is 2.36. The molecule has 2 aromatic carbocycles. The molecule has 2 heterocycles. The van der Waals surface area contributed by atoms with Gasteiger partial charge in [-0.3, -0.25) is 9.69 Å². The minimum atomic E-state index is -0.0617. The van der Waals surface area contributed by atoms with Crippen LogP contribution in [0, 0.1) is 20.8 Å². The van der Waals surface area contributed by atoms with E-state index in [9.17, 15) is 4.79 Å². The van der Waals surface area contributed by atoms with Crippen molar-refractivity contribution in [1.82, 2.24) is 4.98 Å². The van der Waals surface area contributed by atoms with Gasteiger partial charge in [-0.05, 0) is 86.0 Å². The Morgan fingerprint density at radius 3 is 2.40 bits per heavy atom. The molecule has 1 amide bonds. The number of para-hydroxylation sites is 1. The van der Waals surface area contributed by atoms with E-state index in [2.05, 4.69) is 37.0 Å². The van der Waals surface area contributed by atoms with Gasteiger partial charge in [0.15, 0.2) is 11.0 Å². The Kier molecular flexibility index (Phi) is 5.55. The molecule has 0 N–H and O–H groups in total. The normalized spacial score (nSPS) is 17.0. The molecule has 1 aromatic heterocycles. The third-order valence-corrected chi connectivity index (χ3v) is 6.30. The number of nitrogens with zero attached hydrogens (tertiary/aromatic N) is 3. The van der Waals surface area contributed by atoms with Crippen molar-refractivity contribution in [2.24, 2.45) is 4.99 Å². The van der Waals surface area contributed by atoms with Crippen molar-refractivity contribution in [3.63, 3.8) is 0 Å². The van der Waals surface area contributed by atoms with E-state index in [4.69, 9.17) is 4.99 Å². The maximum absolute atomic E-state index is 13.5.